The lowest BCUT2D eigenvalue weighted by molar-refractivity contribution is 0.393. The summed E-state index contributed by atoms with van der Waals surface area (Å²) in [5, 5.41) is 0. The van der Waals surface area contributed by atoms with E-state index in [4.69, 9.17) is 18.9 Å². The molecule has 0 radical (unpaired) electrons. The van der Waals surface area contributed by atoms with E-state index in [1.807, 2.05) is 12.1 Å². The average molecular weight is 407 g/mol. The van der Waals surface area contributed by atoms with Crippen LogP contribution in [0.25, 0.3) is 0 Å². The van der Waals surface area contributed by atoms with Crippen LogP contribution in [-0.4, -0.2) is 28.4 Å². The molecule has 0 aliphatic rings. The van der Waals surface area contributed by atoms with Crippen LogP contribution in [-0.2, 0) is 25.7 Å². The van der Waals surface area contributed by atoms with Gasteiger partial charge in [0.1, 0.15) is 23.0 Å². The highest BCUT2D eigenvalue weighted by Gasteiger charge is 2.05. The topological polar surface area (TPSA) is 36.9 Å². The highest BCUT2D eigenvalue weighted by Crippen LogP contribution is 2.25. The highest BCUT2D eigenvalue weighted by atomic mass is 16.5. The summed E-state index contributed by atoms with van der Waals surface area (Å²) >= 11 is 0. The smallest absolute Gasteiger partial charge is 0.122 e. The Labute approximate surface area is 179 Å². The molecule has 3 rings (SSSR count). The van der Waals surface area contributed by atoms with Crippen molar-refractivity contribution >= 4 is 0 Å². The van der Waals surface area contributed by atoms with E-state index in [-0.39, 0.29) is 0 Å². The third kappa shape index (κ3) is 5.93. The molecule has 0 fully saturated rings. The van der Waals surface area contributed by atoms with Gasteiger partial charge in [0.25, 0.3) is 0 Å². The SMILES string of the molecule is COc1cc(CCc2ccc(CCc3cc(OC)cc(OC)c3)cc2)cc(OC)c1. The van der Waals surface area contributed by atoms with E-state index in [1.165, 1.54) is 22.3 Å². The standard InChI is InChI=1S/C26H30O4/c1-27-23-13-21(14-24(17-23)28-2)11-9-19-5-7-20(8-6-19)10-12-22-15-25(29-3)18-26(16-22)30-4/h5-8,13-18H,9-12H2,1-4H3. The minimum atomic E-state index is 0.828. The van der Waals surface area contributed by atoms with Gasteiger partial charge in [-0.25, -0.2) is 0 Å². The monoisotopic (exact) mass is 406 g/mol. The summed E-state index contributed by atoms with van der Waals surface area (Å²) < 4.78 is 21.4. The van der Waals surface area contributed by atoms with Crippen LogP contribution in [0.2, 0.25) is 0 Å². The van der Waals surface area contributed by atoms with Gasteiger partial charge in [-0.05, 0) is 72.2 Å². The van der Waals surface area contributed by atoms with Crippen molar-refractivity contribution < 1.29 is 18.9 Å². The van der Waals surface area contributed by atoms with Crippen molar-refractivity contribution in [1.29, 1.82) is 0 Å². The minimum absolute atomic E-state index is 0.828. The molecule has 0 unspecified atom stereocenters. The van der Waals surface area contributed by atoms with E-state index >= 15 is 0 Å². The maximum atomic E-state index is 5.36. The normalized spacial score (nSPS) is 10.5. The summed E-state index contributed by atoms with van der Waals surface area (Å²) in [6.45, 7) is 0. The number of rotatable bonds is 10. The molecule has 30 heavy (non-hydrogen) atoms. The minimum Gasteiger partial charge on any atom is -0.497 e. The van der Waals surface area contributed by atoms with E-state index in [1.54, 1.807) is 28.4 Å². The Bertz CT molecular complexity index is 825. The van der Waals surface area contributed by atoms with Crippen molar-refractivity contribution in [3.8, 4) is 23.0 Å². The van der Waals surface area contributed by atoms with Gasteiger partial charge in [0.2, 0.25) is 0 Å². The van der Waals surface area contributed by atoms with E-state index in [9.17, 15) is 0 Å². The van der Waals surface area contributed by atoms with Crippen LogP contribution < -0.4 is 18.9 Å². The van der Waals surface area contributed by atoms with Crippen LogP contribution in [0.5, 0.6) is 23.0 Å². The van der Waals surface area contributed by atoms with Crippen molar-refractivity contribution in [3.63, 3.8) is 0 Å². The Balaban J connectivity index is 1.58. The second-order valence-electron chi connectivity index (χ2n) is 7.26. The molecule has 0 amide bonds. The van der Waals surface area contributed by atoms with E-state index in [2.05, 4.69) is 48.5 Å². The molecule has 3 aromatic carbocycles. The lowest BCUT2D eigenvalue weighted by atomic mass is 10.00. The zero-order chi connectivity index (χ0) is 21.3. The summed E-state index contributed by atoms with van der Waals surface area (Å²) in [5.41, 5.74) is 5.07. The summed E-state index contributed by atoms with van der Waals surface area (Å²) in [7, 11) is 6.72. The van der Waals surface area contributed by atoms with Gasteiger partial charge < -0.3 is 18.9 Å². The van der Waals surface area contributed by atoms with Gasteiger partial charge in [0.05, 0.1) is 28.4 Å². The van der Waals surface area contributed by atoms with Crippen molar-refractivity contribution in [2.45, 2.75) is 25.7 Å². The lowest BCUT2D eigenvalue weighted by Crippen LogP contribution is -1.96. The van der Waals surface area contributed by atoms with Crippen LogP contribution in [0.4, 0.5) is 0 Å². The molecule has 0 aliphatic carbocycles. The first-order valence-electron chi connectivity index (χ1n) is 10.1. The third-order valence-electron chi connectivity index (χ3n) is 5.25. The highest BCUT2D eigenvalue weighted by molar-refractivity contribution is 5.40. The molecule has 0 bridgehead atoms. The Hall–Kier alpha value is -3.14. The zero-order valence-corrected chi connectivity index (χ0v) is 18.2. The first-order valence-corrected chi connectivity index (χ1v) is 10.1. The average Bonchev–Trinajstić information content (AvgIpc) is 2.81. The van der Waals surface area contributed by atoms with Gasteiger partial charge in [-0.3, -0.25) is 0 Å². The Morgan fingerprint density at radius 1 is 0.400 bits per heavy atom. The summed E-state index contributed by atoms with van der Waals surface area (Å²) in [5.74, 6) is 3.31. The van der Waals surface area contributed by atoms with Crippen LogP contribution in [0, 0.1) is 0 Å². The molecule has 0 heterocycles. The second kappa shape index (κ2) is 10.6. The fourth-order valence-electron chi connectivity index (χ4n) is 3.47. The van der Waals surface area contributed by atoms with Crippen LogP contribution in [0.15, 0.2) is 60.7 Å². The number of ether oxygens (including phenoxy) is 4. The maximum Gasteiger partial charge on any atom is 0.122 e. The van der Waals surface area contributed by atoms with Gasteiger partial charge in [0.15, 0.2) is 0 Å². The predicted molar refractivity (Wildman–Crippen MR) is 120 cm³/mol. The van der Waals surface area contributed by atoms with Gasteiger partial charge in [-0.1, -0.05) is 24.3 Å². The third-order valence-corrected chi connectivity index (χ3v) is 5.25. The number of hydrogen-bond donors (Lipinski definition) is 0. The van der Waals surface area contributed by atoms with Crippen molar-refractivity contribution in [1.82, 2.24) is 0 Å². The quantitative estimate of drug-likeness (QED) is 0.458. The van der Waals surface area contributed by atoms with Gasteiger partial charge in [-0.2, -0.15) is 0 Å². The fraction of sp³-hybridized carbons (Fsp3) is 0.308. The molecule has 4 heteroatoms. The first-order chi connectivity index (χ1) is 14.6. The molecular weight excluding hydrogens is 376 g/mol. The molecule has 0 saturated carbocycles. The molecule has 4 nitrogen and oxygen atoms in total. The molecule has 0 aliphatic heterocycles. The molecule has 3 aromatic rings. The van der Waals surface area contributed by atoms with Gasteiger partial charge in [-0.15, -0.1) is 0 Å². The molecule has 0 saturated heterocycles. The van der Waals surface area contributed by atoms with Crippen LogP contribution in [0.3, 0.4) is 0 Å². The molecule has 0 aromatic heterocycles. The summed E-state index contributed by atoms with van der Waals surface area (Å²) in [6.07, 6.45) is 3.83. The fourth-order valence-corrected chi connectivity index (χ4v) is 3.47. The molecular formula is C26H30O4. The number of hydrogen-bond acceptors (Lipinski definition) is 4. The Morgan fingerprint density at radius 2 is 0.667 bits per heavy atom. The Morgan fingerprint density at radius 3 is 0.933 bits per heavy atom. The lowest BCUT2D eigenvalue weighted by Gasteiger charge is -2.10. The van der Waals surface area contributed by atoms with Gasteiger partial charge in [0, 0.05) is 12.1 Å². The Kier molecular flexibility index (Phi) is 7.61. The molecule has 0 N–H and O–H groups in total. The molecule has 0 atom stereocenters. The van der Waals surface area contributed by atoms with Crippen molar-refractivity contribution in [2.24, 2.45) is 0 Å². The van der Waals surface area contributed by atoms with E-state index in [0.29, 0.717) is 0 Å². The van der Waals surface area contributed by atoms with Crippen LogP contribution >= 0.6 is 0 Å². The van der Waals surface area contributed by atoms with E-state index in [0.717, 1.165) is 48.7 Å². The summed E-state index contributed by atoms with van der Waals surface area (Å²) in [4.78, 5) is 0. The first kappa shape index (κ1) is 21.6. The predicted octanol–water partition coefficient (Wildman–Crippen LogP) is 5.29. The molecule has 158 valence electrons. The van der Waals surface area contributed by atoms with Crippen molar-refractivity contribution in [3.05, 3.63) is 82.9 Å². The number of aryl methyl sites for hydroxylation is 4. The zero-order valence-electron chi connectivity index (χ0n) is 18.2. The number of methoxy groups -OCH3 is 4. The summed E-state index contributed by atoms with van der Waals surface area (Å²) in [6, 6.07) is 21.0. The number of benzene rings is 3. The molecule has 0 spiro atoms. The maximum absolute atomic E-state index is 5.36. The van der Waals surface area contributed by atoms with E-state index < -0.39 is 0 Å². The van der Waals surface area contributed by atoms with Crippen LogP contribution in [0.1, 0.15) is 22.3 Å². The van der Waals surface area contributed by atoms with Crippen molar-refractivity contribution in [2.75, 3.05) is 28.4 Å². The largest absolute Gasteiger partial charge is 0.497 e. The van der Waals surface area contributed by atoms with Gasteiger partial charge >= 0.3 is 0 Å². The second-order valence-corrected chi connectivity index (χ2v) is 7.26.